The van der Waals surface area contributed by atoms with Crippen molar-refractivity contribution < 1.29 is 19.1 Å². The fraction of sp³-hybridized carbons (Fsp3) is 0.263. The lowest BCUT2D eigenvalue weighted by molar-refractivity contribution is -0.117. The van der Waals surface area contributed by atoms with E-state index in [0.29, 0.717) is 40.6 Å². The highest BCUT2D eigenvalue weighted by atomic mass is 35.5. The number of rotatable bonds is 8. The summed E-state index contributed by atoms with van der Waals surface area (Å²) in [4.78, 5) is 25.2. The van der Waals surface area contributed by atoms with E-state index in [4.69, 9.17) is 21.1 Å². The Hall–Kier alpha value is -2.57. The highest BCUT2D eigenvalue weighted by Crippen LogP contribution is 2.25. The molecule has 0 unspecified atom stereocenters. The van der Waals surface area contributed by atoms with Crippen molar-refractivity contribution in [3.63, 3.8) is 0 Å². The van der Waals surface area contributed by atoms with Crippen LogP contribution in [0.2, 0.25) is 5.02 Å². The van der Waals surface area contributed by atoms with E-state index in [1.807, 2.05) is 24.1 Å². The number of anilines is 1. The zero-order valence-corrected chi connectivity index (χ0v) is 15.7. The van der Waals surface area contributed by atoms with Crippen LogP contribution in [0.1, 0.15) is 15.9 Å². The molecule has 0 aliphatic carbocycles. The molecule has 0 radical (unpaired) electrons. The van der Waals surface area contributed by atoms with E-state index in [9.17, 15) is 9.59 Å². The summed E-state index contributed by atoms with van der Waals surface area (Å²) < 4.78 is 10.6. The van der Waals surface area contributed by atoms with Gasteiger partial charge in [0.2, 0.25) is 5.91 Å². The first-order valence-corrected chi connectivity index (χ1v) is 8.28. The van der Waals surface area contributed by atoms with Gasteiger partial charge in [-0.1, -0.05) is 17.7 Å². The van der Waals surface area contributed by atoms with Gasteiger partial charge in [-0.3, -0.25) is 14.5 Å². The topological polar surface area (TPSA) is 67.9 Å². The molecule has 0 saturated heterocycles. The third-order valence-electron chi connectivity index (χ3n) is 3.76. The number of likely N-dealkylation sites (N-methyl/N-ethyl adjacent to an activating group) is 1. The molecule has 1 N–H and O–H groups in total. The molecule has 138 valence electrons. The van der Waals surface area contributed by atoms with Gasteiger partial charge in [-0.2, -0.15) is 0 Å². The number of nitrogens with one attached hydrogen (secondary N) is 1. The lowest BCUT2D eigenvalue weighted by atomic mass is 10.1. The fourth-order valence-electron chi connectivity index (χ4n) is 2.51. The minimum atomic E-state index is -0.231. The Morgan fingerprint density at radius 2 is 1.96 bits per heavy atom. The predicted octanol–water partition coefficient (Wildman–Crippen LogP) is 3.24. The Morgan fingerprint density at radius 3 is 2.62 bits per heavy atom. The number of nitrogens with zero attached hydrogens (tertiary/aromatic N) is 1. The molecule has 6 nitrogen and oxygen atoms in total. The molecular formula is C19H21ClN2O4. The van der Waals surface area contributed by atoms with E-state index in [0.717, 1.165) is 5.56 Å². The first-order valence-electron chi connectivity index (χ1n) is 7.91. The number of carbonyl (C=O) groups is 2. The number of ether oxygens (including phenoxy) is 2. The Bertz CT molecular complexity index is 795. The van der Waals surface area contributed by atoms with Gasteiger partial charge in [-0.15, -0.1) is 0 Å². The van der Waals surface area contributed by atoms with Gasteiger partial charge in [0.15, 0.2) is 6.29 Å². The molecule has 0 saturated carbocycles. The number of carbonyl (C=O) groups excluding carboxylic acids is 2. The van der Waals surface area contributed by atoms with Crippen LogP contribution in [0.4, 0.5) is 5.69 Å². The van der Waals surface area contributed by atoms with Crippen molar-refractivity contribution in [3.05, 3.63) is 52.5 Å². The van der Waals surface area contributed by atoms with Crippen molar-refractivity contribution in [1.29, 1.82) is 0 Å². The molecule has 0 spiro atoms. The minimum Gasteiger partial charge on any atom is -0.497 e. The summed E-state index contributed by atoms with van der Waals surface area (Å²) in [6.07, 6.45) is 0.660. The second kappa shape index (κ2) is 9.22. The van der Waals surface area contributed by atoms with Gasteiger partial charge >= 0.3 is 0 Å². The van der Waals surface area contributed by atoms with Gasteiger partial charge in [0.05, 0.1) is 26.5 Å². The van der Waals surface area contributed by atoms with Crippen LogP contribution >= 0.6 is 11.6 Å². The number of amides is 1. The number of hydrogen-bond donors (Lipinski definition) is 1. The maximum atomic E-state index is 12.3. The largest absolute Gasteiger partial charge is 0.497 e. The Labute approximate surface area is 157 Å². The average Bonchev–Trinajstić information content (AvgIpc) is 2.63. The molecular weight excluding hydrogens is 356 g/mol. The van der Waals surface area contributed by atoms with Crippen molar-refractivity contribution >= 4 is 29.5 Å². The van der Waals surface area contributed by atoms with Gasteiger partial charge < -0.3 is 14.8 Å². The number of hydrogen-bond acceptors (Lipinski definition) is 5. The SMILES string of the molecule is COc1ccc(CN(C)CC(=O)Nc2ccc(Cl)cc2C=O)c(OC)c1. The highest BCUT2D eigenvalue weighted by molar-refractivity contribution is 6.31. The van der Waals surface area contributed by atoms with Crippen molar-refractivity contribution in [3.8, 4) is 11.5 Å². The van der Waals surface area contributed by atoms with Gasteiger partial charge in [0.25, 0.3) is 0 Å². The van der Waals surface area contributed by atoms with Crippen LogP contribution in [0.15, 0.2) is 36.4 Å². The van der Waals surface area contributed by atoms with Crippen LogP contribution in [0, 0.1) is 0 Å². The number of halogens is 1. The van der Waals surface area contributed by atoms with Crippen LogP contribution < -0.4 is 14.8 Å². The highest BCUT2D eigenvalue weighted by Gasteiger charge is 2.13. The lowest BCUT2D eigenvalue weighted by Gasteiger charge is -2.19. The lowest BCUT2D eigenvalue weighted by Crippen LogP contribution is -2.30. The maximum absolute atomic E-state index is 12.3. The third kappa shape index (κ3) is 5.21. The van der Waals surface area contributed by atoms with Crippen molar-refractivity contribution in [2.24, 2.45) is 0 Å². The second-order valence-electron chi connectivity index (χ2n) is 5.75. The fourth-order valence-corrected chi connectivity index (χ4v) is 2.69. The normalized spacial score (nSPS) is 10.5. The quantitative estimate of drug-likeness (QED) is 0.716. The van der Waals surface area contributed by atoms with Crippen molar-refractivity contribution in [1.82, 2.24) is 4.90 Å². The number of aldehydes is 1. The monoisotopic (exact) mass is 376 g/mol. The van der Waals surface area contributed by atoms with Gasteiger partial charge in [0.1, 0.15) is 11.5 Å². The molecule has 0 bridgehead atoms. The molecule has 2 rings (SSSR count). The van der Waals surface area contributed by atoms with Gasteiger partial charge in [-0.25, -0.2) is 0 Å². The second-order valence-corrected chi connectivity index (χ2v) is 6.18. The van der Waals surface area contributed by atoms with Crippen molar-refractivity contribution in [2.45, 2.75) is 6.54 Å². The van der Waals surface area contributed by atoms with Crippen LogP contribution in [-0.2, 0) is 11.3 Å². The summed E-state index contributed by atoms with van der Waals surface area (Å²) in [5.41, 5.74) is 1.71. The van der Waals surface area contributed by atoms with E-state index in [1.54, 1.807) is 32.4 Å². The molecule has 1 amide bonds. The molecule has 2 aromatic rings. The Kier molecular flexibility index (Phi) is 7.00. The van der Waals surface area contributed by atoms with Crippen LogP contribution in [0.3, 0.4) is 0 Å². The standard InChI is InChI=1S/C19H21ClN2O4/c1-22(10-13-4-6-16(25-2)9-18(13)26-3)11-19(24)21-17-7-5-15(20)8-14(17)12-23/h4-9,12H,10-11H2,1-3H3,(H,21,24). The Morgan fingerprint density at radius 1 is 1.19 bits per heavy atom. The van der Waals surface area contributed by atoms with Gasteiger partial charge in [0, 0.05) is 28.8 Å². The summed E-state index contributed by atoms with van der Waals surface area (Å²) in [5.74, 6) is 1.16. The average molecular weight is 377 g/mol. The summed E-state index contributed by atoms with van der Waals surface area (Å²) >= 11 is 5.86. The molecule has 0 heterocycles. The summed E-state index contributed by atoms with van der Waals surface area (Å²) in [5, 5.41) is 3.17. The molecule has 0 aromatic heterocycles. The summed E-state index contributed by atoms with van der Waals surface area (Å²) in [6, 6.07) is 10.3. The summed E-state index contributed by atoms with van der Waals surface area (Å²) in [7, 11) is 5.01. The molecule has 7 heteroatoms. The van der Waals surface area contributed by atoms with E-state index in [1.165, 1.54) is 6.07 Å². The van der Waals surface area contributed by atoms with Crippen LogP contribution in [0.5, 0.6) is 11.5 Å². The van der Waals surface area contributed by atoms with E-state index < -0.39 is 0 Å². The Balaban J connectivity index is 2.00. The molecule has 0 aliphatic heterocycles. The van der Waals surface area contributed by atoms with Crippen LogP contribution in [-0.4, -0.2) is 44.9 Å². The molecule has 0 atom stereocenters. The first-order chi connectivity index (χ1) is 12.5. The molecule has 2 aromatic carbocycles. The van der Waals surface area contributed by atoms with E-state index >= 15 is 0 Å². The summed E-state index contributed by atoms with van der Waals surface area (Å²) in [6.45, 7) is 0.665. The third-order valence-corrected chi connectivity index (χ3v) is 4.00. The minimum absolute atomic E-state index is 0.149. The number of benzene rings is 2. The number of methoxy groups -OCH3 is 2. The molecule has 0 aliphatic rings. The molecule has 0 fully saturated rings. The van der Waals surface area contributed by atoms with E-state index in [2.05, 4.69) is 5.32 Å². The van der Waals surface area contributed by atoms with E-state index in [-0.39, 0.29) is 12.5 Å². The zero-order chi connectivity index (χ0) is 19.1. The zero-order valence-electron chi connectivity index (χ0n) is 14.9. The smallest absolute Gasteiger partial charge is 0.238 e. The van der Waals surface area contributed by atoms with Gasteiger partial charge in [-0.05, 0) is 31.3 Å². The maximum Gasteiger partial charge on any atom is 0.238 e. The van der Waals surface area contributed by atoms with Crippen LogP contribution in [0.25, 0.3) is 0 Å². The molecule has 26 heavy (non-hydrogen) atoms. The van der Waals surface area contributed by atoms with Crippen molar-refractivity contribution in [2.75, 3.05) is 33.1 Å². The predicted molar refractivity (Wildman–Crippen MR) is 101 cm³/mol. The first kappa shape index (κ1) is 19.8.